The van der Waals surface area contributed by atoms with Crippen LogP contribution in [0.2, 0.25) is 0 Å². The minimum atomic E-state index is -0.425. The van der Waals surface area contributed by atoms with Crippen molar-refractivity contribution in [2.24, 2.45) is 0 Å². The Morgan fingerprint density at radius 2 is 1.56 bits per heavy atom. The van der Waals surface area contributed by atoms with Crippen molar-refractivity contribution in [3.8, 4) is 0 Å². The highest BCUT2D eigenvalue weighted by atomic mass is 14.9. The molecule has 2 aliphatic carbocycles. The minimum Gasteiger partial charge on any atom is -0.240 e. The van der Waals surface area contributed by atoms with Gasteiger partial charge in [-0.3, -0.25) is 0 Å². The highest BCUT2D eigenvalue weighted by molar-refractivity contribution is 5.87. The van der Waals surface area contributed by atoms with Crippen LogP contribution in [0.3, 0.4) is 0 Å². The molecule has 0 N–H and O–H groups in total. The zero-order chi connectivity index (χ0) is 16.7. The quantitative estimate of drug-likeness (QED) is 0.668. The van der Waals surface area contributed by atoms with Gasteiger partial charge < -0.3 is 0 Å². The van der Waals surface area contributed by atoms with Crippen molar-refractivity contribution in [1.82, 2.24) is 9.97 Å². The summed E-state index contributed by atoms with van der Waals surface area (Å²) in [4.78, 5) is 9.44. The van der Waals surface area contributed by atoms with Crippen LogP contribution in [0, 0.1) is 0 Å². The Balaban J connectivity index is 1.94. The predicted octanol–water partition coefficient (Wildman–Crippen LogP) is 4.93. The number of hydrogen-bond donors (Lipinski definition) is 0. The molecule has 0 amide bonds. The van der Waals surface area contributed by atoms with Gasteiger partial charge in [0.1, 0.15) is 11.2 Å². The average Bonchev–Trinajstić information content (AvgIpc) is 3.01. The van der Waals surface area contributed by atoms with Crippen LogP contribution < -0.4 is 0 Å². The van der Waals surface area contributed by atoms with Gasteiger partial charge in [-0.1, -0.05) is 66.7 Å². The molecule has 1 heterocycles. The molecule has 0 saturated carbocycles. The molecule has 3 aromatic rings. The van der Waals surface area contributed by atoms with Crippen LogP contribution >= 0.6 is 0 Å². The van der Waals surface area contributed by atoms with Gasteiger partial charge in [0.05, 0.1) is 0 Å². The van der Waals surface area contributed by atoms with Crippen LogP contribution in [-0.4, -0.2) is 9.97 Å². The first kappa shape index (κ1) is 14.4. The molecule has 1 atom stereocenters. The van der Waals surface area contributed by atoms with E-state index in [0.29, 0.717) is 0 Å². The van der Waals surface area contributed by atoms with E-state index >= 15 is 0 Å². The van der Waals surface area contributed by atoms with E-state index < -0.39 is 5.41 Å². The number of fused-ring (bicyclic) bond motifs is 2. The molecule has 1 unspecified atom stereocenters. The maximum absolute atomic E-state index is 4.72. The van der Waals surface area contributed by atoms with E-state index in [1.165, 1.54) is 27.8 Å². The first-order valence-electron chi connectivity index (χ1n) is 8.75. The van der Waals surface area contributed by atoms with Gasteiger partial charge in [-0.15, -0.1) is 0 Å². The first-order chi connectivity index (χ1) is 12.4. The Hall–Kier alpha value is -3.00. The van der Waals surface area contributed by atoms with Crippen molar-refractivity contribution in [2.45, 2.75) is 18.3 Å². The normalized spacial score (nSPS) is 21.1. The van der Waals surface area contributed by atoms with Gasteiger partial charge in [-0.05, 0) is 46.7 Å². The second-order valence-electron chi connectivity index (χ2n) is 6.57. The Kier molecular flexibility index (Phi) is 3.17. The number of aromatic nitrogens is 2. The highest BCUT2D eigenvalue weighted by Gasteiger charge is 2.49. The summed E-state index contributed by atoms with van der Waals surface area (Å²) in [5, 5.41) is 0. The molecular formula is C23H18N2. The van der Waals surface area contributed by atoms with Gasteiger partial charge in [-0.2, -0.15) is 0 Å². The largest absolute Gasteiger partial charge is 0.240 e. The number of nitrogens with zero attached hydrogens (tertiary/aromatic N) is 2. The standard InChI is InChI=1S/C23H18N2/c1-2-9-17(10-3-1)23(22-24-15-8-16-25-22)20-13-6-4-11-18(20)19-12-5-7-14-21(19)23/h1-4,6-11,13-16H,5,12H2. The molecule has 0 spiro atoms. The zero-order valence-electron chi connectivity index (χ0n) is 13.9. The van der Waals surface area contributed by atoms with E-state index in [9.17, 15) is 0 Å². The van der Waals surface area contributed by atoms with Crippen molar-refractivity contribution in [2.75, 3.05) is 0 Å². The second kappa shape index (κ2) is 5.52. The molecule has 1 aromatic heterocycles. The Morgan fingerprint density at radius 3 is 2.40 bits per heavy atom. The molecule has 0 saturated heterocycles. The lowest BCUT2D eigenvalue weighted by atomic mass is 9.70. The van der Waals surface area contributed by atoms with Crippen LogP contribution in [0.4, 0.5) is 0 Å². The summed E-state index contributed by atoms with van der Waals surface area (Å²) >= 11 is 0. The summed E-state index contributed by atoms with van der Waals surface area (Å²) in [6.07, 6.45) is 10.4. The molecule has 0 radical (unpaired) electrons. The van der Waals surface area contributed by atoms with E-state index in [1.54, 1.807) is 0 Å². The molecule has 5 rings (SSSR count). The first-order valence-corrected chi connectivity index (χ1v) is 8.75. The molecule has 0 aliphatic heterocycles. The number of allylic oxidation sites excluding steroid dienone is 4. The fourth-order valence-electron chi connectivity index (χ4n) is 4.38. The third kappa shape index (κ3) is 1.91. The van der Waals surface area contributed by atoms with Crippen LogP contribution in [-0.2, 0) is 5.41 Å². The van der Waals surface area contributed by atoms with Gasteiger partial charge >= 0.3 is 0 Å². The van der Waals surface area contributed by atoms with Crippen LogP contribution in [0.15, 0.2) is 90.8 Å². The third-order valence-electron chi connectivity index (χ3n) is 5.34. The van der Waals surface area contributed by atoms with Crippen molar-refractivity contribution < 1.29 is 0 Å². The monoisotopic (exact) mass is 322 g/mol. The molecule has 2 heteroatoms. The zero-order valence-corrected chi connectivity index (χ0v) is 13.9. The highest BCUT2D eigenvalue weighted by Crippen LogP contribution is 2.55. The lowest BCUT2D eigenvalue weighted by molar-refractivity contribution is 0.688. The smallest absolute Gasteiger partial charge is 0.147 e. The summed E-state index contributed by atoms with van der Waals surface area (Å²) in [5.41, 5.74) is 6.21. The SMILES string of the molecule is C1=CC2=C(CC1)c1ccccc1C2(c1ccccc1)c1ncccn1. The van der Waals surface area contributed by atoms with Gasteiger partial charge in [-0.25, -0.2) is 9.97 Å². The molecule has 0 bridgehead atoms. The maximum atomic E-state index is 4.72. The Bertz CT molecular complexity index is 945. The van der Waals surface area contributed by atoms with Crippen molar-refractivity contribution >= 4 is 5.57 Å². The van der Waals surface area contributed by atoms with Gasteiger partial charge in [0.15, 0.2) is 0 Å². The topological polar surface area (TPSA) is 25.8 Å². The van der Waals surface area contributed by atoms with E-state index in [2.05, 4.69) is 66.7 Å². The molecule has 2 aliphatic rings. The second-order valence-corrected chi connectivity index (χ2v) is 6.57. The van der Waals surface area contributed by atoms with Gasteiger partial charge in [0.25, 0.3) is 0 Å². The van der Waals surface area contributed by atoms with E-state index in [0.717, 1.165) is 18.7 Å². The Morgan fingerprint density at radius 1 is 0.800 bits per heavy atom. The lowest BCUT2D eigenvalue weighted by Gasteiger charge is -2.32. The fourth-order valence-corrected chi connectivity index (χ4v) is 4.38. The summed E-state index contributed by atoms with van der Waals surface area (Å²) in [6.45, 7) is 0. The molecule has 0 fully saturated rings. The molecule has 2 nitrogen and oxygen atoms in total. The predicted molar refractivity (Wildman–Crippen MR) is 100 cm³/mol. The average molecular weight is 322 g/mol. The van der Waals surface area contributed by atoms with Crippen molar-refractivity contribution in [3.63, 3.8) is 0 Å². The number of hydrogen-bond acceptors (Lipinski definition) is 2. The van der Waals surface area contributed by atoms with E-state index in [1.807, 2.05) is 18.5 Å². The molecule has 25 heavy (non-hydrogen) atoms. The number of rotatable bonds is 2. The molecule has 2 aromatic carbocycles. The third-order valence-corrected chi connectivity index (χ3v) is 5.34. The lowest BCUT2D eigenvalue weighted by Crippen LogP contribution is -2.31. The fraction of sp³-hybridized carbons (Fsp3) is 0.130. The van der Waals surface area contributed by atoms with Crippen molar-refractivity contribution in [1.29, 1.82) is 0 Å². The Labute approximate surface area is 147 Å². The van der Waals surface area contributed by atoms with Crippen molar-refractivity contribution in [3.05, 3.63) is 113 Å². The summed E-state index contributed by atoms with van der Waals surface area (Å²) in [7, 11) is 0. The van der Waals surface area contributed by atoms with Crippen LogP contribution in [0.5, 0.6) is 0 Å². The molecular weight excluding hydrogens is 304 g/mol. The number of benzene rings is 2. The van der Waals surface area contributed by atoms with Gasteiger partial charge in [0.2, 0.25) is 0 Å². The van der Waals surface area contributed by atoms with E-state index in [-0.39, 0.29) is 0 Å². The summed E-state index contributed by atoms with van der Waals surface area (Å²) < 4.78 is 0. The summed E-state index contributed by atoms with van der Waals surface area (Å²) in [6, 6.07) is 21.3. The van der Waals surface area contributed by atoms with Gasteiger partial charge in [0, 0.05) is 12.4 Å². The van der Waals surface area contributed by atoms with Crippen LogP contribution in [0.25, 0.3) is 5.57 Å². The van der Waals surface area contributed by atoms with E-state index in [4.69, 9.17) is 9.97 Å². The summed E-state index contributed by atoms with van der Waals surface area (Å²) in [5.74, 6) is 0.852. The maximum Gasteiger partial charge on any atom is 0.147 e. The van der Waals surface area contributed by atoms with Crippen LogP contribution in [0.1, 0.15) is 35.4 Å². The molecule has 120 valence electrons. The minimum absolute atomic E-state index is 0.425.